The second-order valence-electron chi connectivity index (χ2n) is 5.60. The Kier molecular flexibility index (Phi) is 5.64. The molecule has 22 heavy (non-hydrogen) atoms. The number of thioether (sulfide) groups is 1. The van der Waals surface area contributed by atoms with Gasteiger partial charge in [-0.3, -0.25) is 9.59 Å². The zero-order valence-electron chi connectivity index (χ0n) is 12.4. The van der Waals surface area contributed by atoms with E-state index in [0.717, 1.165) is 5.56 Å². The number of amides is 2. The predicted molar refractivity (Wildman–Crippen MR) is 91.6 cm³/mol. The highest BCUT2D eigenvalue weighted by Gasteiger charge is 2.37. The standard InChI is InChI=1S/C15H18Cl2N2O2S/c1-15(2)14(21)19-11(8-22-15)13(20)18-7-6-9-4-3-5-10(16)12(9)17/h3-5,11H,6-8H2,1-2H3,(H,18,20)(H,19,21)/t11-/m0/s1. The molecule has 0 bridgehead atoms. The second kappa shape index (κ2) is 7.11. The lowest BCUT2D eigenvalue weighted by atomic mass is 10.1. The normalized spacial score (nSPS) is 20.4. The fraction of sp³-hybridized carbons (Fsp3) is 0.467. The monoisotopic (exact) mass is 360 g/mol. The minimum atomic E-state index is -0.486. The summed E-state index contributed by atoms with van der Waals surface area (Å²) in [5.74, 6) is 0.291. The molecule has 2 N–H and O–H groups in total. The van der Waals surface area contributed by atoms with Gasteiger partial charge in [-0.1, -0.05) is 35.3 Å². The lowest BCUT2D eigenvalue weighted by molar-refractivity contribution is -0.129. The third-order valence-corrected chi connectivity index (χ3v) is 5.77. The van der Waals surface area contributed by atoms with E-state index in [2.05, 4.69) is 10.6 Å². The number of carbonyl (C=O) groups is 2. The van der Waals surface area contributed by atoms with Crippen molar-refractivity contribution in [3.05, 3.63) is 33.8 Å². The highest BCUT2D eigenvalue weighted by molar-refractivity contribution is 8.01. The van der Waals surface area contributed by atoms with Crippen LogP contribution in [0, 0.1) is 0 Å². The molecule has 4 nitrogen and oxygen atoms in total. The van der Waals surface area contributed by atoms with E-state index in [1.165, 1.54) is 11.8 Å². The lowest BCUT2D eigenvalue weighted by Gasteiger charge is -2.32. The summed E-state index contributed by atoms with van der Waals surface area (Å²) in [5, 5.41) is 6.60. The van der Waals surface area contributed by atoms with Crippen LogP contribution >= 0.6 is 35.0 Å². The molecule has 1 aliphatic rings. The van der Waals surface area contributed by atoms with Gasteiger partial charge in [-0.15, -0.1) is 11.8 Å². The molecule has 1 atom stereocenters. The number of halogens is 2. The lowest BCUT2D eigenvalue weighted by Crippen LogP contribution is -2.57. The number of nitrogens with one attached hydrogen (secondary N) is 2. The van der Waals surface area contributed by atoms with Gasteiger partial charge in [-0.05, 0) is 31.9 Å². The minimum Gasteiger partial charge on any atom is -0.354 e. The molecular formula is C15H18Cl2N2O2S. The summed E-state index contributed by atoms with van der Waals surface area (Å²) < 4.78 is -0.481. The topological polar surface area (TPSA) is 58.2 Å². The van der Waals surface area contributed by atoms with Crippen LogP contribution in [0.15, 0.2) is 18.2 Å². The Morgan fingerprint density at radius 3 is 2.86 bits per heavy atom. The maximum Gasteiger partial charge on any atom is 0.243 e. The molecule has 0 radical (unpaired) electrons. The van der Waals surface area contributed by atoms with Crippen molar-refractivity contribution in [1.29, 1.82) is 0 Å². The number of benzene rings is 1. The molecule has 2 amide bonds. The maximum atomic E-state index is 12.1. The molecule has 0 aliphatic carbocycles. The van der Waals surface area contributed by atoms with Crippen molar-refractivity contribution in [2.45, 2.75) is 31.1 Å². The van der Waals surface area contributed by atoms with E-state index in [1.54, 1.807) is 6.07 Å². The minimum absolute atomic E-state index is 0.109. The van der Waals surface area contributed by atoms with Gasteiger partial charge >= 0.3 is 0 Å². The van der Waals surface area contributed by atoms with Gasteiger partial charge in [0.15, 0.2) is 0 Å². The summed E-state index contributed by atoms with van der Waals surface area (Å²) in [4.78, 5) is 24.0. The SMILES string of the molecule is CC1(C)SC[C@@H](C(=O)NCCc2cccc(Cl)c2Cl)NC1=O. The summed E-state index contributed by atoms with van der Waals surface area (Å²) >= 11 is 13.5. The first kappa shape index (κ1) is 17.4. The van der Waals surface area contributed by atoms with E-state index in [1.807, 2.05) is 26.0 Å². The van der Waals surface area contributed by atoms with Gasteiger partial charge in [-0.25, -0.2) is 0 Å². The molecule has 120 valence electrons. The van der Waals surface area contributed by atoms with Crippen LogP contribution in [0.2, 0.25) is 10.0 Å². The van der Waals surface area contributed by atoms with E-state index in [4.69, 9.17) is 23.2 Å². The van der Waals surface area contributed by atoms with Gasteiger partial charge in [-0.2, -0.15) is 0 Å². The van der Waals surface area contributed by atoms with E-state index >= 15 is 0 Å². The summed E-state index contributed by atoms with van der Waals surface area (Å²) in [6, 6.07) is 4.94. The van der Waals surface area contributed by atoms with E-state index < -0.39 is 10.8 Å². The molecule has 0 unspecified atom stereocenters. The summed E-state index contributed by atoms with van der Waals surface area (Å²) in [5.41, 5.74) is 0.887. The number of hydrogen-bond donors (Lipinski definition) is 2. The summed E-state index contributed by atoms with van der Waals surface area (Å²) in [7, 11) is 0. The molecule has 0 aromatic heterocycles. The Labute approximate surface area is 144 Å². The third-order valence-electron chi connectivity index (χ3n) is 3.50. The van der Waals surface area contributed by atoms with E-state index in [-0.39, 0.29) is 11.8 Å². The summed E-state index contributed by atoms with van der Waals surface area (Å²) in [6.45, 7) is 4.14. The average Bonchev–Trinajstić information content (AvgIpc) is 2.46. The highest BCUT2D eigenvalue weighted by atomic mass is 35.5. The molecular weight excluding hydrogens is 343 g/mol. The smallest absolute Gasteiger partial charge is 0.243 e. The summed E-state index contributed by atoms with van der Waals surface area (Å²) in [6.07, 6.45) is 0.588. The Bertz CT molecular complexity index is 593. The van der Waals surface area contributed by atoms with Crippen LogP contribution < -0.4 is 10.6 Å². The number of hydrogen-bond acceptors (Lipinski definition) is 3. The van der Waals surface area contributed by atoms with Gasteiger partial charge < -0.3 is 10.6 Å². The van der Waals surface area contributed by atoms with Crippen LogP contribution in [0.5, 0.6) is 0 Å². The molecule has 7 heteroatoms. The van der Waals surface area contributed by atoms with Crippen LogP contribution in [0.25, 0.3) is 0 Å². The zero-order chi connectivity index (χ0) is 16.3. The fourth-order valence-electron chi connectivity index (χ4n) is 2.06. The van der Waals surface area contributed by atoms with E-state index in [0.29, 0.717) is 28.8 Å². The largest absolute Gasteiger partial charge is 0.354 e. The predicted octanol–water partition coefficient (Wildman–Crippen LogP) is 2.66. The first-order chi connectivity index (χ1) is 10.3. The Hall–Kier alpha value is -0.910. The van der Waals surface area contributed by atoms with Gasteiger partial charge in [0.1, 0.15) is 6.04 Å². The molecule has 1 fully saturated rings. The fourth-order valence-corrected chi connectivity index (χ4v) is 3.48. The van der Waals surface area contributed by atoms with Crippen LogP contribution in [-0.2, 0) is 16.0 Å². The Morgan fingerprint density at radius 2 is 2.18 bits per heavy atom. The zero-order valence-corrected chi connectivity index (χ0v) is 14.7. The number of rotatable bonds is 4. The third kappa shape index (κ3) is 4.09. The van der Waals surface area contributed by atoms with E-state index in [9.17, 15) is 9.59 Å². The van der Waals surface area contributed by atoms with Crippen molar-refractivity contribution in [2.75, 3.05) is 12.3 Å². The van der Waals surface area contributed by atoms with Crippen LogP contribution in [0.1, 0.15) is 19.4 Å². The quantitative estimate of drug-likeness (QED) is 0.867. The number of carbonyl (C=O) groups excluding carboxylic acids is 2. The Balaban J connectivity index is 1.84. The van der Waals surface area contributed by atoms with Gasteiger partial charge in [0.2, 0.25) is 11.8 Å². The van der Waals surface area contributed by atoms with Crippen molar-refractivity contribution in [2.24, 2.45) is 0 Å². The van der Waals surface area contributed by atoms with Crippen LogP contribution in [0.3, 0.4) is 0 Å². The molecule has 2 rings (SSSR count). The van der Waals surface area contributed by atoms with Crippen molar-refractivity contribution in [3.8, 4) is 0 Å². The van der Waals surface area contributed by atoms with Crippen LogP contribution in [0.4, 0.5) is 0 Å². The molecule has 1 saturated heterocycles. The van der Waals surface area contributed by atoms with Crippen LogP contribution in [-0.4, -0.2) is 34.9 Å². The Morgan fingerprint density at radius 1 is 1.45 bits per heavy atom. The van der Waals surface area contributed by atoms with Crippen molar-refractivity contribution < 1.29 is 9.59 Å². The molecule has 1 aromatic rings. The molecule has 0 spiro atoms. The first-order valence-electron chi connectivity index (χ1n) is 6.97. The molecule has 1 heterocycles. The molecule has 1 aromatic carbocycles. The van der Waals surface area contributed by atoms with Crippen molar-refractivity contribution >= 4 is 46.8 Å². The second-order valence-corrected chi connectivity index (χ2v) is 8.03. The molecule has 0 saturated carbocycles. The van der Waals surface area contributed by atoms with Gasteiger partial charge in [0.25, 0.3) is 0 Å². The van der Waals surface area contributed by atoms with Gasteiger partial charge in [0.05, 0.1) is 14.8 Å². The van der Waals surface area contributed by atoms with Crippen molar-refractivity contribution in [1.82, 2.24) is 10.6 Å². The average molecular weight is 361 g/mol. The first-order valence-corrected chi connectivity index (χ1v) is 8.71. The maximum absolute atomic E-state index is 12.1. The molecule has 1 aliphatic heterocycles. The highest BCUT2D eigenvalue weighted by Crippen LogP contribution is 2.29. The van der Waals surface area contributed by atoms with Gasteiger partial charge in [0, 0.05) is 12.3 Å². The van der Waals surface area contributed by atoms with Crippen molar-refractivity contribution in [3.63, 3.8) is 0 Å².